The van der Waals surface area contributed by atoms with Gasteiger partial charge in [0.05, 0.1) is 17.2 Å². The van der Waals surface area contributed by atoms with Gasteiger partial charge in [0.1, 0.15) is 18.3 Å². The number of sulfonamides is 1. The quantitative estimate of drug-likeness (QED) is 0.153. The highest BCUT2D eigenvalue weighted by Gasteiger charge is 2.36. The van der Waals surface area contributed by atoms with E-state index in [2.05, 4.69) is 5.32 Å². The summed E-state index contributed by atoms with van der Waals surface area (Å²) < 4.78 is 35.7. The Morgan fingerprint density at radius 1 is 0.830 bits per heavy atom. The molecule has 0 fully saturated rings. The van der Waals surface area contributed by atoms with Crippen LogP contribution >= 0.6 is 11.8 Å². The first-order chi connectivity index (χ1) is 22.4. The number of benzene rings is 4. The van der Waals surface area contributed by atoms with Crippen molar-refractivity contribution < 1.29 is 22.7 Å². The zero-order valence-corrected chi connectivity index (χ0v) is 29.2. The lowest BCUT2D eigenvalue weighted by molar-refractivity contribution is -0.140. The van der Waals surface area contributed by atoms with Gasteiger partial charge in [-0.15, -0.1) is 11.8 Å². The normalized spacial score (nSPS) is 12.2. The average Bonchev–Trinajstić information content (AvgIpc) is 3.05. The number of carbonyl (C=O) groups excluding carboxylic acids is 2. The van der Waals surface area contributed by atoms with Crippen molar-refractivity contribution in [3.63, 3.8) is 0 Å². The van der Waals surface area contributed by atoms with E-state index < -0.39 is 34.1 Å². The number of amides is 2. The van der Waals surface area contributed by atoms with Gasteiger partial charge in [-0.2, -0.15) is 0 Å². The van der Waals surface area contributed by atoms with Gasteiger partial charge in [-0.1, -0.05) is 72.8 Å². The van der Waals surface area contributed by atoms with Crippen LogP contribution in [0.1, 0.15) is 38.8 Å². The Bertz CT molecular complexity index is 1730. The standard InChI is InChI=1S/C37H43N3O5S2/c1-6-45-34-20-14-13-19-32(34)40(47(43,44)31-23-21-30(46-5)22-24-31)27-35(41)39(26-29-17-11-8-12-18-29)33(36(42)38-37(2,3)4)25-28-15-9-7-10-16-28/h7-24,33H,6,25-27H2,1-5H3,(H,38,42)/t33-/m0/s1. The van der Waals surface area contributed by atoms with E-state index in [9.17, 15) is 18.0 Å². The molecule has 47 heavy (non-hydrogen) atoms. The highest BCUT2D eigenvalue weighted by molar-refractivity contribution is 7.98. The largest absolute Gasteiger partial charge is 0.492 e. The molecular weight excluding hydrogens is 631 g/mol. The zero-order valence-electron chi connectivity index (χ0n) is 27.6. The second kappa shape index (κ2) is 16.0. The van der Waals surface area contributed by atoms with E-state index in [0.29, 0.717) is 12.4 Å². The lowest BCUT2D eigenvalue weighted by atomic mass is 10.0. The molecule has 2 amide bonds. The number of carbonyl (C=O) groups is 2. The van der Waals surface area contributed by atoms with Crippen LogP contribution in [-0.4, -0.2) is 56.1 Å². The lowest BCUT2D eigenvalue weighted by Crippen LogP contribution is -2.56. The molecule has 10 heteroatoms. The zero-order chi connectivity index (χ0) is 34.0. The third-order valence-corrected chi connectivity index (χ3v) is 9.84. The Morgan fingerprint density at radius 2 is 1.40 bits per heavy atom. The van der Waals surface area contributed by atoms with Crippen LogP contribution in [0.2, 0.25) is 0 Å². The molecule has 1 atom stereocenters. The smallest absolute Gasteiger partial charge is 0.264 e. The minimum atomic E-state index is -4.26. The molecule has 248 valence electrons. The van der Waals surface area contributed by atoms with Gasteiger partial charge in [-0.3, -0.25) is 13.9 Å². The maximum atomic E-state index is 14.7. The molecular formula is C37H43N3O5S2. The average molecular weight is 674 g/mol. The van der Waals surface area contributed by atoms with Crippen LogP contribution < -0.4 is 14.4 Å². The van der Waals surface area contributed by atoms with Gasteiger partial charge >= 0.3 is 0 Å². The summed E-state index contributed by atoms with van der Waals surface area (Å²) in [6, 6.07) is 31.3. The highest BCUT2D eigenvalue weighted by atomic mass is 32.2. The van der Waals surface area contributed by atoms with Crippen molar-refractivity contribution in [1.29, 1.82) is 0 Å². The van der Waals surface area contributed by atoms with Crippen molar-refractivity contribution in [1.82, 2.24) is 10.2 Å². The van der Waals surface area contributed by atoms with Gasteiger partial charge in [0.2, 0.25) is 11.8 Å². The topological polar surface area (TPSA) is 96.0 Å². The van der Waals surface area contributed by atoms with Crippen LogP contribution in [0.15, 0.2) is 119 Å². The number of hydrogen-bond donors (Lipinski definition) is 1. The highest BCUT2D eigenvalue weighted by Crippen LogP contribution is 2.33. The van der Waals surface area contributed by atoms with Crippen molar-refractivity contribution in [3.8, 4) is 5.75 Å². The number of nitrogens with zero attached hydrogens (tertiary/aromatic N) is 2. The molecule has 0 bridgehead atoms. The summed E-state index contributed by atoms with van der Waals surface area (Å²) in [5.41, 5.74) is 1.34. The number of ether oxygens (including phenoxy) is 1. The first-order valence-corrected chi connectivity index (χ1v) is 18.2. The van der Waals surface area contributed by atoms with E-state index in [1.165, 1.54) is 16.7 Å². The maximum Gasteiger partial charge on any atom is 0.264 e. The Balaban J connectivity index is 1.84. The van der Waals surface area contributed by atoms with Gasteiger partial charge in [-0.05, 0) is 81.5 Å². The number of thioether (sulfide) groups is 1. The Labute approximate surface area is 283 Å². The summed E-state index contributed by atoms with van der Waals surface area (Å²) in [5, 5.41) is 3.05. The molecule has 4 aromatic rings. The molecule has 0 aliphatic heterocycles. The molecule has 0 aliphatic carbocycles. The fraction of sp³-hybridized carbons (Fsp3) is 0.297. The Hall–Kier alpha value is -4.28. The molecule has 0 aliphatic rings. The van der Waals surface area contributed by atoms with Gasteiger partial charge in [0.25, 0.3) is 10.0 Å². The predicted molar refractivity (Wildman–Crippen MR) is 189 cm³/mol. The molecule has 0 heterocycles. The van der Waals surface area contributed by atoms with Crippen molar-refractivity contribution >= 4 is 39.3 Å². The predicted octanol–water partition coefficient (Wildman–Crippen LogP) is 6.56. The van der Waals surface area contributed by atoms with Crippen molar-refractivity contribution in [2.24, 2.45) is 0 Å². The molecule has 0 aromatic heterocycles. The van der Waals surface area contributed by atoms with E-state index in [1.807, 2.05) is 94.6 Å². The van der Waals surface area contributed by atoms with Crippen LogP contribution in [0, 0.1) is 0 Å². The van der Waals surface area contributed by atoms with Crippen LogP contribution in [0.25, 0.3) is 0 Å². The summed E-state index contributed by atoms with van der Waals surface area (Å²) in [6.07, 6.45) is 2.15. The third-order valence-electron chi connectivity index (χ3n) is 7.33. The Morgan fingerprint density at radius 3 is 1.98 bits per heavy atom. The fourth-order valence-corrected chi connectivity index (χ4v) is 6.95. The number of hydrogen-bond acceptors (Lipinski definition) is 6. The van der Waals surface area contributed by atoms with Crippen molar-refractivity contribution in [2.75, 3.05) is 23.7 Å². The second-order valence-electron chi connectivity index (χ2n) is 12.0. The van der Waals surface area contributed by atoms with Crippen molar-refractivity contribution in [2.45, 2.75) is 62.0 Å². The van der Waals surface area contributed by atoms with E-state index in [0.717, 1.165) is 20.3 Å². The van der Waals surface area contributed by atoms with E-state index in [-0.39, 0.29) is 29.5 Å². The van der Waals surface area contributed by atoms with E-state index in [4.69, 9.17) is 4.74 Å². The number of nitrogens with one attached hydrogen (secondary N) is 1. The van der Waals surface area contributed by atoms with Crippen LogP contribution in [0.3, 0.4) is 0 Å². The van der Waals surface area contributed by atoms with Crippen LogP contribution in [0.4, 0.5) is 5.69 Å². The minimum Gasteiger partial charge on any atom is -0.492 e. The van der Waals surface area contributed by atoms with E-state index >= 15 is 0 Å². The number of para-hydroxylation sites is 2. The lowest BCUT2D eigenvalue weighted by Gasteiger charge is -2.35. The molecule has 0 spiro atoms. The summed E-state index contributed by atoms with van der Waals surface area (Å²) in [7, 11) is -4.26. The molecule has 8 nitrogen and oxygen atoms in total. The first kappa shape index (κ1) is 35.6. The summed E-state index contributed by atoms with van der Waals surface area (Å²) >= 11 is 1.50. The SMILES string of the molecule is CCOc1ccccc1N(CC(=O)N(Cc1ccccc1)[C@@H](Cc1ccccc1)C(=O)NC(C)(C)C)S(=O)(=O)c1ccc(SC)cc1. The molecule has 0 saturated heterocycles. The van der Waals surface area contributed by atoms with Gasteiger partial charge in [0, 0.05) is 23.4 Å². The molecule has 4 aromatic carbocycles. The molecule has 0 unspecified atom stereocenters. The number of anilines is 1. The summed E-state index contributed by atoms with van der Waals surface area (Å²) in [4.78, 5) is 31.1. The van der Waals surface area contributed by atoms with Gasteiger partial charge < -0.3 is 15.0 Å². The van der Waals surface area contributed by atoms with E-state index in [1.54, 1.807) is 48.5 Å². The van der Waals surface area contributed by atoms with Gasteiger partial charge in [-0.25, -0.2) is 8.42 Å². The molecule has 4 rings (SSSR count). The first-order valence-electron chi connectivity index (χ1n) is 15.5. The van der Waals surface area contributed by atoms with Crippen LogP contribution in [-0.2, 0) is 32.6 Å². The maximum absolute atomic E-state index is 14.7. The summed E-state index contributed by atoms with van der Waals surface area (Å²) in [6.45, 7) is 7.30. The monoisotopic (exact) mass is 673 g/mol. The van der Waals surface area contributed by atoms with Gasteiger partial charge in [0.15, 0.2) is 0 Å². The second-order valence-corrected chi connectivity index (χ2v) is 14.8. The fourth-order valence-electron chi connectivity index (χ4n) is 5.12. The Kier molecular flexibility index (Phi) is 12.1. The minimum absolute atomic E-state index is 0.0373. The van der Waals surface area contributed by atoms with Crippen LogP contribution in [0.5, 0.6) is 5.75 Å². The number of rotatable bonds is 14. The molecule has 0 saturated carbocycles. The summed E-state index contributed by atoms with van der Waals surface area (Å²) in [5.74, 6) is -0.537. The molecule has 0 radical (unpaired) electrons. The molecule has 1 N–H and O–H groups in total. The third kappa shape index (κ3) is 9.62. The van der Waals surface area contributed by atoms with Crippen molar-refractivity contribution in [3.05, 3.63) is 120 Å².